The summed E-state index contributed by atoms with van der Waals surface area (Å²) >= 11 is 0. The van der Waals surface area contributed by atoms with Gasteiger partial charge in [-0.2, -0.15) is 0 Å². The van der Waals surface area contributed by atoms with Gasteiger partial charge in [-0.05, 0) is 46.9 Å². The number of nitrogens with zero attached hydrogens (tertiary/aromatic N) is 6. The summed E-state index contributed by atoms with van der Waals surface area (Å²) in [4.78, 5) is 26.2. The molecular formula is C27H31N7O. The van der Waals surface area contributed by atoms with Gasteiger partial charge in [0.05, 0.1) is 6.20 Å². The quantitative estimate of drug-likeness (QED) is 0.476. The zero-order valence-electron chi connectivity index (χ0n) is 20.5. The van der Waals surface area contributed by atoms with E-state index < -0.39 is 0 Å². The molecule has 1 aromatic carbocycles. The van der Waals surface area contributed by atoms with Gasteiger partial charge in [-0.1, -0.05) is 39.0 Å². The van der Waals surface area contributed by atoms with Crippen molar-refractivity contribution in [2.24, 2.45) is 0 Å². The number of carbonyl (C=O) groups excluding carboxylic acids is 1. The van der Waals surface area contributed by atoms with Crippen molar-refractivity contribution in [2.75, 3.05) is 36.4 Å². The van der Waals surface area contributed by atoms with Crippen LogP contribution in [-0.2, 0) is 12.0 Å². The van der Waals surface area contributed by atoms with Crippen LogP contribution in [-0.4, -0.2) is 56.6 Å². The first-order chi connectivity index (χ1) is 16.8. The maximum atomic E-state index is 12.7. The second-order valence-corrected chi connectivity index (χ2v) is 10.0. The summed E-state index contributed by atoms with van der Waals surface area (Å²) in [6, 6.07) is 15.8. The Balaban J connectivity index is 1.22. The topological polar surface area (TPSA) is 78.7 Å². The van der Waals surface area contributed by atoms with Crippen LogP contribution >= 0.6 is 0 Å². The maximum Gasteiger partial charge on any atom is 0.256 e. The van der Waals surface area contributed by atoms with Gasteiger partial charge in [0.2, 0.25) is 0 Å². The number of nitrogens with one attached hydrogen (secondary N) is 1. The van der Waals surface area contributed by atoms with E-state index in [2.05, 4.69) is 51.9 Å². The predicted molar refractivity (Wildman–Crippen MR) is 138 cm³/mol. The first kappa shape index (κ1) is 23.0. The monoisotopic (exact) mass is 469 g/mol. The molecule has 1 N–H and O–H groups in total. The molecule has 1 amide bonds. The first-order valence-corrected chi connectivity index (χ1v) is 12.0. The van der Waals surface area contributed by atoms with Gasteiger partial charge in [-0.25, -0.2) is 9.50 Å². The Labute approximate surface area is 205 Å². The van der Waals surface area contributed by atoms with E-state index >= 15 is 0 Å². The number of amides is 1. The van der Waals surface area contributed by atoms with Gasteiger partial charge in [-0.15, -0.1) is 5.10 Å². The highest BCUT2D eigenvalue weighted by atomic mass is 16.1. The molecule has 1 fully saturated rings. The number of aromatic nitrogens is 4. The third-order valence-electron chi connectivity index (χ3n) is 6.39. The van der Waals surface area contributed by atoms with Crippen molar-refractivity contribution in [3.63, 3.8) is 0 Å². The Hall–Kier alpha value is -3.78. The number of fused-ring (bicyclic) bond motifs is 1. The van der Waals surface area contributed by atoms with Crippen LogP contribution in [0.15, 0.2) is 67.1 Å². The highest BCUT2D eigenvalue weighted by molar-refractivity contribution is 6.03. The van der Waals surface area contributed by atoms with Gasteiger partial charge in [-0.3, -0.25) is 14.7 Å². The van der Waals surface area contributed by atoms with E-state index in [0.29, 0.717) is 17.0 Å². The number of hydrogen-bond donors (Lipinski definition) is 1. The minimum Gasteiger partial charge on any atom is -0.353 e. The van der Waals surface area contributed by atoms with Crippen molar-refractivity contribution in [1.29, 1.82) is 0 Å². The SMILES string of the molecule is CC(C)(C)c1ccc(C(=O)Nc2cn3nc(N4CCN(Cc5cccnc5)CC4)ccc3n2)cc1. The molecule has 180 valence electrons. The fraction of sp³-hybridized carbons (Fsp3) is 0.333. The lowest BCUT2D eigenvalue weighted by Crippen LogP contribution is -2.46. The Morgan fingerprint density at radius 3 is 2.46 bits per heavy atom. The van der Waals surface area contributed by atoms with Crippen molar-refractivity contribution in [1.82, 2.24) is 24.5 Å². The van der Waals surface area contributed by atoms with Crippen LogP contribution in [0.5, 0.6) is 0 Å². The normalized spacial score (nSPS) is 14.9. The van der Waals surface area contributed by atoms with Crippen LogP contribution in [0, 0.1) is 0 Å². The summed E-state index contributed by atoms with van der Waals surface area (Å²) in [7, 11) is 0. The number of carbonyl (C=O) groups is 1. The fourth-order valence-corrected chi connectivity index (χ4v) is 4.30. The molecule has 5 rings (SSSR count). The van der Waals surface area contributed by atoms with Gasteiger partial charge >= 0.3 is 0 Å². The number of imidazole rings is 1. The van der Waals surface area contributed by atoms with Crippen molar-refractivity contribution >= 4 is 23.2 Å². The lowest BCUT2D eigenvalue weighted by Gasteiger charge is -2.35. The van der Waals surface area contributed by atoms with Crippen molar-refractivity contribution in [2.45, 2.75) is 32.7 Å². The summed E-state index contributed by atoms with van der Waals surface area (Å²) in [5.41, 5.74) is 3.77. The molecule has 8 heteroatoms. The molecule has 0 aliphatic carbocycles. The van der Waals surface area contributed by atoms with E-state index in [1.54, 1.807) is 16.9 Å². The molecule has 0 saturated carbocycles. The maximum absolute atomic E-state index is 12.7. The standard InChI is InChI=1S/C27H31N7O/c1-27(2,3)22-8-6-21(7-9-22)26(35)30-23-19-34-24(29-23)10-11-25(31-34)33-15-13-32(14-16-33)18-20-5-4-12-28-17-20/h4-12,17,19H,13-16,18H2,1-3H3,(H,30,35). The van der Waals surface area contributed by atoms with Gasteiger partial charge in [0, 0.05) is 50.7 Å². The minimum atomic E-state index is -0.182. The molecule has 0 spiro atoms. The van der Waals surface area contributed by atoms with Crippen LogP contribution < -0.4 is 10.2 Å². The van der Waals surface area contributed by atoms with Gasteiger partial charge in [0.25, 0.3) is 5.91 Å². The Kier molecular flexibility index (Phi) is 6.21. The highest BCUT2D eigenvalue weighted by Crippen LogP contribution is 2.23. The summed E-state index contributed by atoms with van der Waals surface area (Å²) < 4.78 is 1.73. The molecule has 4 aromatic rings. The lowest BCUT2D eigenvalue weighted by molar-refractivity contribution is 0.102. The van der Waals surface area contributed by atoms with Crippen LogP contribution in [0.4, 0.5) is 11.6 Å². The van der Waals surface area contributed by atoms with Crippen molar-refractivity contribution < 1.29 is 4.79 Å². The predicted octanol–water partition coefficient (Wildman–Crippen LogP) is 4.00. The lowest BCUT2D eigenvalue weighted by atomic mass is 9.87. The van der Waals surface area contributed by atoms with Gasteiger partial charge < -0.3 is 10.2 Å². The van der Waals surface area contributed by atoms with Gasteiger partial charge in [0.15, 0.2) is 11.5 Å². The second-order valence-electron chi connectivity index (χ2n) is 10.0. The Morgan fingerprint density at radius 1 is 1.00 bits per heavy atom. The Morgan fingerprint density at radius 2 is 1.77 bits per heavy atom. The van der Waals surface area contributed by atoms with Gasteiger partial charge in [0.1, 0.15) is 5.82 Å². The smallest absolute Gasteiger partial charge is 0.256 e. The zero-order chi connectivity index (χ0) is 24.4. The second kappa shape index (κ2) is 9.46. The number of piperazine rings is 1. The number of anilines is 2. The van der Waals surface area contributed by atoms with E-state index in [9.17, 15) is 4.79 Å². The van der Waals surface area contributed by atoms with Crippen LogP contribution in [0.2, 0.25) is 0 Å². The summed E-state index contributed by atoms with van der Waals surface area (Å²) in [5, 5.41) is 7.65. The number of hydrogen-bond acceptors (Lipinski definition) is 6. The molecular weight excluding hydrogens is 438 g/mol. The molecule has 0 unspecified atom stereocenters. The first-order valence-electron chi connectivity index (χ1n) is 12.0. The van der Waals surface area contributed by atoms with E-state index in [1.165, 1.54) is 11.1 Å². The average molecular weight is 470 g/mol. The van der Waals surface area contributed by atoms with Crippen molar-refractivity contribution in [3.05, 3.63) is 83.8 Å². The number of rotatable bonds is 5. The molecule has 0 radical (unpaired) electrons. The van der Waals surface area contributed by atoms with Crippen LogP contribution in [0.1, 0.15) is 42.3 Å². The van der Waals surface area contributed by atoms with Crippen LogP contribution in [0.3, 0.4) is 0 Å². The van der Waals surface area contributed by atoms with E-state index in [0.717, 1.165) is 38.5 Å². The molecule has 4 heterocycles. The fourth-order valence-electron chi connectivity index (χ4n) is 4.30. The van der Waals surface area contributed by atoms with E-state index in [4.69, 9.17) is 5.10 Å². The van der Waals surface area contributed by atoms with Crippen molar-refractivity contribution in [3.8, 4) is 0 Å². The van der Waals surface area contributed by atoms with Crippen LogP contribution in [0.25, 0.3) is 5.65 Å². The molecule has 35 heavy (non-hydrogen) atoms. The summed E-state index contributed by atoms with van der Waals surface area (Å²) in [6.07, 6.45) is 5.50. The molecule has 8 nitrogen and oxygen atoms in total. The molecule has 1 saturated heterocycles. The third-order valence-corrected chi connectivity index (χ3v) is 6.39. The molecule has 1 aliphatic rings. The highest BCUT2D eigenvalue weighted by Gasteiger charge is 2.19. The minimum absolute atomic E-state index is 0.0476. The van der Waals surface area contributed by atoms with E-state index in [1.807, 2.05) is 48.7 Å². The zero-order valence-corrected chi connectivity index (χ0v) is 20.5. The summed E-state index contributed by atoms with van der Waals surface area (Å²) in [6.45, 7) is 11.1. The molecule has 0 atom stereocenters. The molecule has 1 aliphatic heterocycles. The number of pyridine rings is 1. The largest absolute Gasteiger partial charge is 0.353 e. The number of benzene rings is 1. The molecule has 0 bridgehead atoms. The Bertz CT molecular complexity index is 1300. The summed E-state index contributed by atoms with van der Waals surface area (Å²) in [5.74, 6) is 1.21. The average Bonchev–Trinajstić information content (AvgIpc) is 3.26. The third kappa shape index (κ3) is 5.33. The van der Waals surface area contributed by atoms with E-state index in [-0.39, 0.29) is 11.3 Å². The molecule has 3 aromatic heterocycles.